The monoisotopic (exact) mass is 324 g/mol. The van der Waals surface area contributed by atoms with Gasteiger partial charge in [-0.2, -0.15) is 13.2 Å². The van der Waals surface area contributed by atoms with Crippen LogP contribution in [-0.4, -0.2) is 29.2 Å². The Bertz CT molecular complexity index is 670. The Morgan fingerprint density at radius 1 is 1.13 bits per heavy atom. The lowest BCUT2D eigenvalue weighted by atomic mass is 9.73. The molecule has 0 saturated heterocycles. The fourth-order valence-corrected chi connectivity index (χ4v) is 3.24. The number of hydrogen-bond donors (Lipinski definition) is 1. The van der Waals surface area contributed by atoms with Crippen molar-refractivity contribution in [3.05, 3.63) is 35.9 Å². The lowest BCUT2D eigenvalue weighted by Crippen LogP contribution is -2.59. The van der Waals surface area contributed by atoms with Crippen LogP contribution in [0.1, 0.15) is 31.2 Å². The van der Waals surface area contributed by atoms with Gasteiger partial charge in [0.25, 0.3) is 5.91 Å². The molecule has 0 aromatic heterocycles. The molecule has 1 amide bonds. The molecular weight excluding hydrogens is 309 g/mol. The zero-order chi connectivity index (χ0) is 16.7. The van der Waals surface area contributed by atoms with Crippen molar-refractivity contribution >= 4 is 17.5 Å². The molecule has 0 bridgehead atoms. The van der Waals surface area contributed by atoms with Gasteiger partial charge >= 0.3 is 6.18 Å². The van der Waals surface area contributed by atoms with Crippen LogP contribution < -0.4 is 5.32 Å². The second-order valence-electron chi connectivity index (χ2n) is 5.81. The van der Waals surface area contributed by atoms with E-state index in [1.807, 2.05) is 0 Å². The number of hydrogen-bond acceptors (Lipinski definition) is 3. The number of amidine groups is 1. The van der Waals surface area contributed by atoms with E-state index in [4.69, 9.17) is 0 Å². The molecule has 2 atom stereocenters. The summed E-state index contributed by atoms with van der Waals surface area (Å²) in [4.78, 5) is 28.1. The molecule has 1 N–H and O–H groups in total. The van der Waals surface area contributed by atoms with Crippen LogP contribution >= 0.6 is 0 Å². The second kappa shape index (κ2) is 5.47. The van der Waals surface area contributed by atoms with E-state index in [9.17, 15) is 22.8 Å². The number of nitrogens with zero attached hydrogens (tertiary/aromatic N) is 1. The Balaban J connectivity index is 2.11. The molecular formula is C16H15F3N2O2. The molecule has 1 aromatic rings. The normalized spacial score (nSPS) is 28.5. The van der Waals surface area contributed by atoms with Crippen LogP contribution in [0, 0.1) is 5.92 Å². The van der Waals surface area contributed by atoms with Crippen LogP contribution in [0.25, 0.3) is 0 Å². The van der Waals surface area contributed by atoms with Crippen LogP contribution in [0.15, 0.2) is 35.3 Å². The fraction of sp³-hybridized carbons (Fsp3) is 0.438. The minimum absolute atomic E-state index is 0.0251. The van der Waals surface area contributed by atoms with Crippen molar-refractivity contribution in [3.63, 3.8) is 0 Å². The van der Waals surface area contributed by atoms with E-state index >= 15 is 0 Å². The quantitative estimate of drug-likeness (QED) is 0.909. The summed E-state index contributed by atoms with van der Waals surface area (Å²) in [5.41, 5.74) is -2.62. The number of carbonyl (C=O) groups excluding carboxylic acids is 2. The van der Waals surface area contributed by atoms with Crippen molar-refractivity contribution in [1.82, 2.24) is 5.32 Å². The first-order valence-electron chi connectivity index (χ1n) is 7.42. The maximum atomic E-state index is 13.8. The number of amides is 1. The third kappa shape index (κ3) is 2.44. The van der Waals surface area contributed by atoms with E-state index in [1.54, 1.807) is 30.3 Å². The zero-order valence-corrected chi connectivity index (χ0v) is 12.2. The molecule has 1 aromatic carbocycles. The molecule has 0 radical (unpaired) electrons. The summed E-state index contributed by atoms with van der Waals surface area (Å²) in [6.45, 7) is 0. The predicted octanol–water partition coefficient (Wildman–Crippen LogP) is 2.62. The first kappa shape index (κ1) is 15.7. The third-order valence-corrected chi connectivity index (χ3v) is 4.40. The number of aliphatic imine (C=N–C) groups is 1. The van der Waals surface area contributed by atoms with E-state index in [-0.39, 0.29) is 18.7 Å². The standard InChI is InChI=1S/C16H15F3N2O2/c17-16(18,19)15(11-8-4-5-9-12(11)22)14(23)20-13(21-15)10-6-2-1-3-7-10/h1-3,6-7,11H,4-5,8-9H2,(H,20,21,23). The number of rotatable bonds is 2. The van der Waals surface area contributed by atoms with Crippen LogP contribution in [0.4, 0.5) is 13.2 Å². The molecule has 122 valence electrons. The number of Topliss-reactive ketones (excluding diaryl/α,β-unsaturated/α-hetero) is 1. The van der Waals surface area contributed by atoms with Crippen LogP contribution in [0.5, 0.6) is 0 Å². The van der Waals surface area contributed by atoms with Crippen molar-refractivity contribution in [3.8, 4) is 0 Å². The van der Waals surface area contributed by atoms with Crippen molar-refractivity contribution in [2.75, 3.05) is 0 Å². The Labute approximate surface area is 130 Å². The summed E-state index contributed by atoms with van der Waals surface area (Å²) in [5.74, 6) is -3.38. The van der Waals surface area contributed by atoms with Gasteiger partial charge in [0.15, 0.2) is 0 Å². The van der Waals surface area contributed by atoms with Gasteiger partial charge in [0.05, 0.1) is 5.92 Å². The van der Waals surface area contributed by atoms with Crippen molar-refractivity contribution in [2.24, 2.45) is 10.9 Å². The molecule has 2 aliphatic rings. The summed E-state index contributed by atoms with van der Waals surface area (Å²) in [7, 11) is 0. The van der Waals surface area contributed by atoms with Crippen LogP contribution in [0.3, 0.4) is 0 Å². The van der Waals surface area contributed by atoms with Gasteiger partial charge in [-0.25, -0.2) is 4.99 Å². The lowest BCUT2D eigenvalue weighted by molar-refractivity contribution is -0.202. The number of halogens is 3. The summed E-state index contributed by atoms with van der Waals surface area (Å²) in [5, 5.41) is 2.22. The number of ketones is 1. The van der Waals surface area contributed by atoms with E-state index in [0.29, 0.717) is 18.4 Å². The fourth-order valence-electron chi connectivity index (χ4n) is 3.24. The first-order valence-corrected chi connectivity index (χ1v) is 7.42. The van der Waals surface area contributed by atoms with Crippen LogP contribution in [0.2, 0.25) is 0 Å². The molecule has 23 heavy (non-hydrogen) atoms. The van der Waals surface area contributed by atoms with E-state index in [1.165, 1.54) is 0 Å². The maximum absolute atomic E-state index is 13.8. The van der Waals surface area contributed by atoms with Gasteiger partial charge < -0.3 is 5.32 Å². The van der Waals surface area contributed by atoms with Gasteiger partial charge in [-0.15, -0.1) is 0 Å². The topological polar surface area (TPSA) is 58.5 Å². The van der Waals surface area contributed by atoms with Crippen molar-refractivity contribution in [1.29, 1.82) is 0 Å². The van der Waals surface area contributed by atoms with Crippen molar-refractivity contribution < 1.29 is 22.8 Å². The van der Waals surface area contributed by atoms with E-state index in [2.05, 4.69) is 10.3 Å². The largest absolute Gasteiger partial charge is 0.423 e. The highest BCUT2D eigenvalue weighted by Crippen LogP contribution is 2.46. The number of carbonyl (C=O) groups is 2. The van der Waals surface area contributed by atoms with Gasteiger partial charge in [0.1, 0.15) is 11.6 Å². The minimum atomic E-state index is -4.93. The molecule has 1 aliphatic heterocycles. The number of nitrogens with one attached hydrogen (secondary N) is 1. The maximum Gasteiger partial charge on any atom is 0.423 e. The van der Waals surface area contributed by atoms with Gasteiger partial charge in [0, 0.05) is 12.0 Å². The van der Waals surface area contributed by atoms with Gasteiger partial charge in [0.2, 0.25) is 5.54 Å². The lowest BCUT2D eigenvalue weighted by Gasteiger charge is -2.35. The van der Waals surface area contributed by atoms with Gasteiger partial charge in [-0.3, -0.25) is 9.59 Å². The summed E-state index contributed by atoms with van der Waals surface area (Å²) >= 11 is 0. The van der Waals surface area contributed by atoms with E-state index in [0.717, 1.165) is 0 Å². The third-order valence-electron chi connectivity index (χ3n) is 4.40. The Morgan fingerprint density at radius 3 is 2.43 bits per heavy atom. The average molecular weight is 324 g/mol. The number of benzene rings is 1. The molecule has 4 nitrogen and oxygen atoms in total. The Morgan fingerprint density at radius 2 is 1.83 bits per heavy atom. The van der Waals surface area contributed by atoms with Crippen molar-refractivity contribution in [2.45, 2.75) is 37.4 Å². The summed E-state index contributed by atoms with van der Waals surface area (Å²) in [6, 6.07) is 8.12. The zero-order valence-electron chi connectivity index (χ0n) is 12.2. The highest BCUT2D eigenvalue weighted by molar-refractivity contribution is 6.17. The molecule has 1 aliphatic carbocycles. The van der Waals surface area contributed by atoms with E-state index < -0.39 is 29.3 Å². The second-order valence-corrected chi connectivity index (χ2v) is 5.81. The Kier molecular flexibility index (Phi) is 3.74. The molecule has 1 saturated carbocycles. The molecule has 0 spiro atoms. The van der Waals surface area contributed by atoms with Crippen LogP contribution in [-0.2, 0) is 9.59 Å². The summed E-state index contributed by atoms with van der Waals surface area (Å²) in [6.07, 6.45) is -3.80. The number of alkyl halides is 3. The average Bonchev–Trinajstić information content (AvgIpc) is 2.87. The molecule has 3 rings (SSSR count). The SMILES string of the molecule is O=C1CCCCC1C1(C(F)(F)F)N=C(c2ccccc2)NC1=O. The predicted molar refractivity (Wildman–Crippen MR) is 76.9 cm³/mol. The van der Waals surface area contributed by atoms with Gasteiger partial charge in [-0.1, -0.05) is 36.8 Å². The molecule has 1 fully saturated rings. The minimum Gasteiger partial charge on any atom is -0.308 e. The highest BCUT2D eigenvalue weighted by atomic mass is 19.4. The highest BCUT2D eigenvalue weighted by Gasteiger charge is 2.69. The Hall–Kier alpha value is -2.18. The first-order chi connectivity index (χ1) is 10.9. The molecule has 2 unspecified atom stereocenters. The summed E-state index contributed by atoms with van der Waals surface area (Å²) < 4.78 is 41.4. The molecule has 1 heterocycles. The molecule has 7 heteroatoms. The smallest absolute Gasteiger partial charge is 0.308 e. The van der Waals surface area contributed by atoms with Gasteiger partial charge in [-0.05, 0) is 12.8 Å².